The maximum atomic E-state index is 10.7. The van der Waals surface area contributed by atoms with E-state index in [2.05, 4.69) is 0 Å². The average molecular weight is 249 g/mol. The predicted octanol–water partition coefficient (Wildman–Crippen LogP) is -1.06. The quantitative estimate of drug-likeness (QED) is 0.267. The fourth-order valence-corrected chi connectivity index (χ4v) is 2.98. The maximum absolute atomic E-state index is 10.7. The number of rotatable bonds is 5. The molecule has 86 valence electrons. The molecule has 0 spiro atoms. The average Bonchev–Trinajstić information content (AvgIpc) is 1.95. The minimum atomic E-state index is -5.00. The molecule has 0 aliphatic carbocycles. The van der Waals surface area contributed by atoms with Gasteiger partial charge in [-0.2, -0.15) is 0 Å². The summed E-state index contributed by atoms with van der Waals surface area (Å²) in [5.74, 6) is 0. The van der Waals surface area contributed by atoms with Crippen molar-refractivity contribution >= 4 is 15.2 Å². The van der Waals surface area contributed by atoms with Crippen molar-refractivity contribution < 1.29 is 33.8 Å². The number of hydrogen-bond acceptors (Lipinski definition) is 4. The summed E-state index contributed by atoms with van der Waals surface area (Å²) in [6, 6.07) is 0. The highest BCUT2D eigenvalue weighted by molar-refractivity contribution is 7.70. The van der Waals surface area contributed by atoms with Crippen molar-refractivity contribution in [2.75, 3.05) is 0 Å². The smallest absolute Gasteiger partial charge is 0.354 e. The fraction of sp³-hybridized carbons (Fsp3) is 1.00. The summed E-state index contributed by atoms with van der Waals surface area (Å²) in [6.45, 7) is 1.48. The zero-order valence-corrected chi connectivity index (χ0v) is 9.10. The van der Waals surface area contributed by atoms with Gasteiger partial charge < -0.3 is 24.7 Å². The molecule has 8 nitrogen and oxygen atoms in total. The Kier molecular flexibility index (Phi) is 4.90. The summed E-state index contributed by atoms with van der Waals surface area (Å²) in [6.07, 6.45) is -1.31. The fourth-order valence-electron chi connectivity index (χ4n) is 0.680. The molecule has 14 heavy (non-hydrogen) atoms. The van der Waals surface area contributed by atoms with Crippen molar-refractivity contribution in [2.24, 2.45) is 0 Å². The Morgan fingerprint density at radius 2 is 1.50 bits per heavy atom. The summed E-state index contributed by atoms with van der Waals surface area (Å²) in [7, 11) is -10.00. The summed E-state index contributed by atoms with van der Waals surface area (Å²) < 4.78 is 21.3. The summed E-state index contributed by atoms with van der Waals surface area (Å²) in [5.41, 5.74) is -2.36. The van der Waals surface area contributed by atoms with Crippen LogP contribution < -0.4 is 5.32 Å². The molecule has 0 aromatic rings. The van der Waals surface area contributed by atoms with Crippen molar-refractivity contribution in [2.45, 2.75) is 25.1 Å². The zero-order chi connectivity index (χ0) is 11.6. The Morgan fingerprint density at radius 3 is 1.71 bits per heavy atom. The van der Waals surface area contributed by atoms with E-state index in [1.807, 2.05) is 0 Å². The van der Waals surface area contributed by atoms with Gasteiger partial charge >= 0.3 is 15.2 Å². The molecule has 0 fully saturated rings. The predicted molar refractivity (Wildman–Crippen MR) is 47.3 cm³/mol. The first-order valence-corrected chi connectivity index (χ1v) is 7.00. The van der Waals surface area contributed by atoms with Crippen molar-refractivity contribution in [1.82, 2.24) is 5.32 Å². The molecule has 0 amide bonds. The van der Waals surface area contributed by atoms with Crippen LogP contribution >= 0.6 is 15.2 Å². The monoisotopic (exact) mass is 249 g/mol. The van der Waals surface area contributed by atoms with Crippen LogP contribution in [0.1, 0.15) is 13.3 Å². The molecule has 0 saturated carbocycles. The van der Waals surface area contributed by atoms with E-state index in [4.69, 9.17) is 24.7 Å². The minimum absolute atomic E-state index is 0.0660. The third-order valence-electron chi connectivity index (χ3n) is 1.37. The number of aliphatic hydroxyl groups is 1. The highest BCUT2D eigenvalue weighted by atomic mass is 31.2. The third kappa shape index (κ3) is 4.63. The molecule has 1 atom stereocenters. The Morgan fingerprint density at radius 1 is 1.14 bits per heavy atom. The Hall–Kier alpha value is 0.220. The minimum Gasteiger partial charge on any atom is -0.379 e. The molecule has 0 aromatic carbocycles. The summed E-state index contributed by atoms with van der Waals surface area (Å²) >= 11 is 0. The number of aliphatic hydroxyl groups excluding tert-OH is 1. The van der Waals surface area contributed by atoms with Crippen LogP contribution in [0.15, 0.2) is 0 Å². The molecular formula is C4H13NO7P2. The second kappa shape index (κ2) is 4.83. The Bertz CT molecular complexity index is 247. The lowest BCUT2D eigenvalue weighted by Gasteiger charge is -2.23. The highest BCUT2D eigenvalue weighted by Crippen LogP contribution is 2.58. The van der Waals surface area contributed by atoms with Gasteiger partial charge in [0.1, 0.15) is 6.23 Å². The lowest BCUT2D eigenvalue weighted by atomic mass is 10.4. The van der Waals surface area contributed by atoms with E-state index in [1.54, 1.807) is 5.32 Å². The van der Waals surface area contributed by atoms with E-state index in [-0.39, 0.29) is 6.42 Å². The molecule has 0 heterocycles. The zero-order valence-electron chi connectivity index (χ0n) is 7.31. The molecule has 1 unspecified atom stereocenters. The van der Waals surface area contributed by atoms with Gasteiger partial charge in [0, 0.05) is 0 Å². The maximum Gasteiger partial charge on any atom is 0.354 e. The van der Waals surface area contributed by atoms with Crippen LogP contribution in [-0.2, 0) is 9.13 Å². The second-order valence-corrected chi connectivity index (χ2v) is 6.44. The van der Waals surface area contributed by atoms with E-state index in [0.29, 0.717) is 0 Å². The first kappa shape index (κ1) is 14.2. The van der Waals surface area contributed by atoms with Crippen molar-refractivity contribution in [3.63, 3.8) is 0 Å². The molecule has 0 aromatic heterocycles. The van der Waals surface area contributed by atoms with E-state index in [1.165, 1.54) is 6.92 Å². The molecule has 0 aliphatic rings. The number of hydrogen-bond donors (Lipinski definition) is 6. The van der Waals surface area contributed by atoms with Crippen molar-refractivity contribution in [1.29, 1.82) is 0 Å². The van der Waals surface area contributed by atoms with Crippen LogP contribution in [-0.4, -0.2) is 36.4 Å². The van der Waals surface area contributed by atoms with Gasteiger partial charge in [-0.1, -0.05) is 6.92 Å². The second-order valence-electron chi connectivity index (χ2n) is 2.64. The molecule has 0 bridgehead atoms. The molecule has 6 N–H and O–H groups in total. The first-order valence-electron chi connectivity index (χ1n) is 3.63. The van der Waals surface area contributed by atoms with Gasteiger partial charge in [0.25, 0.3) is 0 Å². The molecule has 0 saturated heterocycles. The van der Waals surface area contributed by atoms with Crippen molar-refractivity contribution in [3.05, 3.63) is 0 Å². The van der Waals surface area contributed by atoms with E-state index in [0.717, 1.165) is 0 Å². The molecular weight excluding hydrogens is 236 g/mol. The van der Waals surface area contributed by atoms with Crippen LogP contribution in [0.5, 0.6) is 0 Å². The van der Waals surface area contributed by atoms with Crippen LogP contribution in [0.25, 0.3) is 0 Å². The summed E-state index contributed by atoms with van der Waals surface area (Å²) in [5, 5.41) is 10.7. The highest BCUT2D eigenvalue weighted by Gasteiger charge is 2.44. The van der Waals surface area contributed by atoms with Crippen molar-refractivity contribution in [3.8, 4) is 0 Å². The lowest BCUT2D eigenvalue weighted by Crippen LogP contribution is -2.37. The van der Waals surface area contributed by atoms with Crippen LogP contribution in [0, 0.1) is 0 Å². The van der Waals surface area contributed by atoms with Gasteiger partial charge in [0.2, 0.25) is 5.52 Å². The van der Waals surface area contributed by atoms with Crippen LogP contribution in [0.3, 0.4) is 0 Å². The first-order chi connectivity index (χ1) is 6.09. The van der Waals surface area contributed by atoms with E-state index >= 15 is 0 Å². The van der Waals surface area contributed by atoms with Gasteiger partial charge in [-0.15, -0.1) is 0 Å². The molecule has 0 aliphatic heterocycles. The molecule has 10 heteroatoms. The van der Waals surface area contributed by atoms with Gasteiger partial charge in [0.15, 0.2) is 0 Å². The lowest BCUT2D eigenvalue weighted by molar-refractivity contribution is 0.129. The van der Waals surface area contributed by atoms with Gasteiger partial charge in [-0.25, -0.2) is 0 Å². The largest absolute Gasteiger partial charge is 0.379 e. The Balaban J connectivity index is 4.78. The number of nitrogens with one attached hydrogen (secondary N) is 1. The summed E-state index contributed by atoms with van der Waals surface area (Å²) in [4.78, 5) is 34.4. The normalized spacial score (nSPS) is 15.9. The van der Waals surface area contributed by atoms with Crippen LogP contribution in [0.4, 0.5) is 0 Å². The van der Waals surface area contributed by atoms with Gasteiger partial charge in [-0.3, -0.25) is 14.4 Å². The molecule has 0 rings (SSSR count). The Labute approximate surface area is 80.3 Å². The van der Waals surface area contributed by atoms with E-state index in [9.17, 15) is 9.13 Å². The van der Waals surface area contributed by atoms with Crippen LogP contribution in [0.2, 0.25) is 0 Å². The SMILES string of the molecule is CCC(O)NC(P(=O)(O)O)P(=O)(O)O. The van der Waals surface area contributed by atoms with E-state index < -0.39 is 26.9 Å². The topological polar surface area (TPSA) is 147 Å². The van der Waals surface area contributed by atoms with Gasteiger partial charge in [-0.05, 0) is 6.42 Å². The third-order valence-corrected chi connectivity index (χ3v) is 4.74. The van der Waals surface area contributed by atoms with Gasteiger partial charge in [0.05, 0.1) is 0 Å². The molecule has 0 radical (unpaired) electrons. The standard InChI is InChI=1S/C4H13NO7P2/c1-2-3(6)5-4(13(7,8)9)14(10,11)12/h3-6H,2H2,1H3,(H2,7,8,9)(H2,10,11,12).